The first-order valence-corrected chi connectivity index (χ1v) is 4.90. The second-order valence-electron chi connectivity index (χ2n) is 3.96. The highest BCUT2D eigenvalue weighted by molar-refractivity contribution is 6.15. The molecule has 5 heteroatoms. The van der Waals surface area contributed by atoms with Crippen molar-refractivity contribution in [3.8, 4) is 0 Å². The highest BCUT2D eigenvalue weighted by atomic mass is 16.2. The summed E-state index contributed by atoms with van der Waals surface area (Å²) in [5.74, 6) is -0.566. The summed E-state index contributed by atoms with van der Waals surface area (Å²) in [5.41, 5.74) is -0.0756. The number of ketones is 1. The molecule has 16 heavy (non-hydrogen) atoms. The lowest BCUT2D eigenvalue weighted by Gasteiger charge is -2.19. The van der Waals surface area contributed by atoms with Crippen molar-refractivity contribution in [3.05, 3.63) is 35.4 Å². The maximum absolute atomic E-state index is 11.8. The summed E-state index contributed by atoms with van der Waals surface area (Å²) in [5, 5.41) is 4.71. The van der Waals surface area contributed by atoms with Gasteiger partial charge in [-0.25, -0.2) is 4.79 Å². The molecule has 0 saturated carbocycles. The molecule has 3 amide bonds. The number of hydrogen-bond donors (Lipinski definition) is 2. The Bertz CT molecular complexity index is 538. The van der Waals surface area contributed by atoms with E-state index in [0.717, 1.165) is 0 Å². The Morgan fingerprint density at radius 2 is 1.88 bits per heavy atom. The fraction of sp³-hybridized carbons (Fsp3) is 0.182. The van der Waals surface area contributed by atoms with Gasteiger partial charge in [0, 0.05) is 12.0 Å². The molecule has 1 heterocycles. The molecule has 5 nitrogen and oxygen atoms in total. The van der Waals surface area contributed by atoms with Crippen LogP contribution < -0.4 is 10.6 Å². The molecule has 1 aliphatic heterocycles. The van der Waals surface area contributed by atoms with E-state index in [1.165, 1.54) is 0 Å². The smallest absolute Gasteiger partial charge is 0.319 e. The number of rotatable bonds is 0. The van der Waals surface area contributed by atoms with Gasteiger partial charge in [-0.15, -0.1) is 0 Å². The summed E-state index contributed by atoms with van der Waals surface area (Å²) >= 11 is 0. The van der Waals surface area contributed by atoms with E-state index >= 15 is 0 Å². The molecule has 2 N–H and O–H groups in total. The molecular formula is C11H8N2O3. The zero-order valence-electron chi connectivity index (χ0n) is 8.24. The van der Waals surface area contributed by atoms with E-state index in [-0.39, 0.29) is 12.2 Å². The van der Waals surface area contributed by atoms with Crippen molar-refractivity contribution < 1.29 is 14.4 Å². The van der Waals surface area contributed by atoms with Gasteiger partial charge in [0.2, 0.25) is 0 Å². The topological polar surface area (TPSA) is 75.3 Å². The summed E-state index contributed by atoms with van der Waals surface area (Å²) in [7, 11) is 0. The van der Waals surface area contributed by atoms with Crippen molar-refractivity contribution in [2.24, 2.45) is 0 Å². The third-order valence-electron chi connectivity index (χ3n) is 3.05. The maximum atomic E-state index is 11.8. The molecule has 1 aliphatic carbocycles. The van der Waals surface area contributed by atoms with E-state index in [2.05, 4.69) is 10.6 Å². The van der Waals surface area contributed by atoms with Crippen LogP contribution >= 0.6 is 0 Å². The highest BCUT2D eigenvalue weighted by Crippen LogP contribution is 2.38. The van der Waals surface area contributed by atoms with Gasteiger partial charge in [0.05, 0.1) is 0 Å². The van der Waals surface area contributed by atoms with E-state index < -0.39 is 17.5 Å². The predicted molar refractivity (Wildman–Crippen MR) is 53.7 cm³/mol. The fourth-order valence-electron chi connectivity index (χ4n) is 2.34. The number of Topliss-reactive ketones (excluding diaryl/α,β-unsaturated/α-hetero) is 1. The molecule has 0 aromatic heterocycles. The molecule has 80 valence electrons. The van der Waals surface area contributed by atoms with Gasteiger partial charge in [0.25, 0.3) is 5.91 Å². The number of amides is 3. The number of benzene rings is 1. The van der Waals surface area contributed by atoms with Gasteiger partial charge in [0.15, 0.2) is 11.3 Å². The molecule has 1 aromatic carbocycles. The van der Waals surface area contributed by atoms with Crippen LogP contribution in [-0.2, 0) is 10.3 Å². The van der Waals surface area contributed by atoms with Gasteiger partial charge in [-0.05, 0) is 5.56 Å². The molecule has 1 fully saturated rings. The molecule has 1 atom stereocenters. The summed E-state index contributed by atoms with van der Waals surface area (Å²) in [6.07, 6.45) is 0.00389. The minimum atomic E-state index is -1.18. The number of imide groups is 1. The molecule has 1 spiro atoms. The Labute approximate surface area is 90.8 Å². The molecule has 1 unspecified atom stereocenters. The number of hydrogen-bond acceptors (Lipinski definition) is 3. The van der Waals surface area contributed by atoms with Gasteiger partial charge in [0.1, 0.15) is 0 Å². The normalized spacial score (nSPS) is 26.9. The molecule has 3 rings (SSSR count). The number of nitrogens with one attached hydrogen (secondary N) is 2. The summed E-state index contributed by atoms with van der Waals surface area (Å²) in [4.78, 5) is 34.7. The first kappa shape index (κ1) is 9.08. The highest BCUT2D eigenvalue weighted by Gasteiger charge is 2.54. The summed E-state index contributed by atoms with van der Waals surface area (Å²) in [6.45, 7) is 0. The van der Waals surface area contributed by atoms with Crippen LogP contribution in [0.4, 0.5) is 4.79 Å². The van der Waals surface area contributed by atoms with E-state index in [1.807, 2.05) is 0 Å². The van der Waals surface area contributed by atoms with Crippen LogP contribution in [0.3, 0.4) is 0 Å². The minimum Gasteiger partial charge on any atom is -0.319 e. The molecule has 1 saturated heterocycles. The second kappa shape index (κ2) is 2.69. The van der Waals surface area contributed by atoms with Crippen molar-refractivity contribution in [3.63, 3.8) is 0 Å². The van der Waals surface area contributed by atoms with Gasteiger partial charge in [-0.3, -0.25) is 14.9 Å². The third-order valence-corrected chi connectivity index (χ3v) is 3.05. The first-order valence-electron chi connectivity index (χ1n) is 4.90. The van der Waals surface area contributed by atoms with Crippen LogP contribution in [-0.4, -0.2) is 17.7 Å². The van der Waals surface area contributed by atoms with Crippen LogP contribution in [0, 0.1) is 0 Å². The standard InChI is InChI=1S/C11H8N2O3/c14-8-5-11(9(15)12-10(16)13-11)7-4-2-1-3-6(7)8/h1-4H,5H2,(H2,12,13,15,16). The van der Waals surface area contributed by atoms with E-state index in [1.54, 1.807) is 24.3 Å². The van der Waals surface area contributed by atoms with Crippen LogP contribution in [0.2, 0.25) is 0 Å². The molecule has 1 aromatic rings. The minimum absolute atomic E-state index is 0.00389. The lowest BCUT2D eigenvalue weighted by molar-refractivity contribution is -0.124. The lowest BCUT2D eigenvalue weighted by atomic mass is 9.92. The first-order chi connectivity index (χ1) is 7.63. The number of carbonyl (C=O) groups is 3. The molecular weight excluding hydrogens is 208 g/mol. The summed E-state index contributed by atoms with van der Waals surface area (Å²) < 4.78 is 0. The van der Waals surface area contributed by atoms with Crippen molar-refractivity contribution in [1.29, 1.82) is 0 Å². The Kier molecular flexibility index (Phi) is 1.53. The Morgan fingerprint density at radius 3 is 2.56 bits per heavy atom. The Balaban J connectivity index is 2.23. The van der Waals surface area contributed by atoms with Crippen molar-refractivity contribution >= 4 is 17.7 Å². The fourth-order valence-corrected chi connectivity index (χ4v) is 2.34. The monoisotopic (exact) mass is 216 g/mol. The van der Waals surface area contributed by atoms with Crippen molar-refractivity contribution in [2.45, 2.75) is 12.0 Å². The zero-order valence-corrected chi connectivity index (χ0v) is 8.24. The van der Waals surface area contributed by atoms with Crippen molar-refractivity contribution in [2.75, 3.05) is 0 Å². The predicted octanol–water partition coefficient (Wildman–Crippen LogP) is 0.308. The molecule has 0 radical (unpaired) electrons. The zero-order chi connectivity index (χ0) is 11.3. The van der Waals surface area contributed by atoms with Gasteiger partial charge >= 0.3 is 6.03 Å². The molecule has 2 aliphatic rings. The second-order valence-corrected chi connectivity index (χ2v) is 3.96. The van der Waals surface area contributed by atoms with E-state index in [4.69, 9.17) is 0 Å². The van der Waals surface area contributed by atoms with Crippen LogP contribution in [0.15, 0.2) is 24.3 Å². The maximum Gasteiger partial charge on any atom is 0.322 e. The Hall–Kier alpha value is -2.17. The van der Waals surface area contributed by atoms with Crippen LogP contribution in [0.1, 0.15) is 22.3 Å². The largest absolute Gasteiger partial charge is 0.322 e. The van der Waals surface area contributed by atoms with Crippen LogP contribution in [0.5, 0.6) is 0 Å². The van der Waals surface area contributed by atoms with Crippen molar-refractivity contribution in [1.82, 2.24) is 10.6 Å². The summed E-state index contributed by atoms with van der Waals surface area (Å²) in [6, 6.07) is 6.31. The van der Waals surface area contributed by atoms with E-state index in [9.17, 15) is 14.4 Å². The van der Waals surface area contributed by atoms with Gasteiger partial charge < -0.3 is 5.32 Å². The quantitative estimate of drug-likeness (QED) is 0.613. The molecule has 0 bridgehead atoms. The number of carbonyl (C=O) groups excluding carboxylic acids is 3. The number of urea groups is 1. The lowest BCUT2D eigenvalue weighted by Crippen LogP contribution is -2.41. The number of fused-ring (bicyclic) bond motifs is 2. The van der Waals surface area contributed by atoms with Gasteiger partial charge in [-0.2, -0.15) is 0 Å². The Morgan fingerprint density at radius 1 is 1.12 bits per heavy atom. The average molecular weight is 216 g/mol. The van der Waals surface area contributed by atoms with E-state index in [0.29, 0.717) is 11.1 Å². The third kappa shape index (κ3) is 0.920. The average Bonchev–Trinajstić information content (AvgIpc) is 2.69. The van der Waals surface area contributed by atoms with Gasteiger partial charge in [-0.1, -0.05) is 24.3 Å². The SMILES string of the molecule is O=C1NC(=O)C2(CC(=O)c3ccccc32)N1. The van der Waals surface area contributed by atoms with Crippen LogP contribution in [0.25, 0.3) is 0 Å².